The first-order chi connectivity index (χ1) is 8.49. The highest BCUT2D eigenvalue weighted by Gasteiger charge is 2.45. The minimum atomic E-state index is -3.94. The normalized spacial score (nSPS) is 24.9. The molecule has 1 aliphatic rings. The second kappa shape index (κ2) is 7.22. The van der Waals surface area contributed by atoms with E-state index in [2.05, 4.69) is 16.3 Å². The Hall–Kier alpha value is -0.440. The molecule has 0 aromatic carbocycles. The van der Waals surface area contributed by atoms with Crippen molar-refractivity contribution in [2.24, 2.45) is 5.92 Å². The van der Waals surface area contributed by atoms with Gasteiger partial charge >= 0.3 is 11.2 Å². The van der Waals surface area contributed by atoms with Gasteiger partial charge in [-0.1, -0.05) is 13.3 Å². The Balaban J connectivity index is 2.36. The van der Waals surface area contributed by atoms with Crippen LogP contribution in [-0.2, 0) is 18.9 Å². The lowest BCUT2D eigenvalue weighted by molar-refractivity contribution is -0.777. The Morgan fingerprint density at radius 2 is 2.00 bits per heavy atom. The second-order valence-electron chi connectivity index (χ2n) is 4.19. The van der Waals surface area contributed by atoms with Gasteiger partial charge in [0.1, 0.15) is 18.1 Å². The summed E-state index contributed by atoms with van der Waals surface area (Å²) in [7, 11) is 0. The number of ether oxygens (including phenoxy) is 1. The number of hydrogen-bond donors (Lipinski definition) is 0. The van der Waals surface area contributed by atoms with Crippen molar-refractivity contribution >= 4 is 18.0 Å². The molecular formula is C10H15F2O5S-. The number of carbonyl (C=O) groups is 1. The van der Waals surface area contributed by atoms with Crippen LogP contribution in [0.1, 0.15) is 39.0 Å². The number of hydrogen-bond acceptors (Lipinski definition) is 6. The Labute approximate surface area is 108 Å². The molecule has 1 rings (SSSR count). The van der Waals surface area contributed by atoms with E-state index in [0.717, 1.165) is 19.3 Å². The highest BCUT2D eigenvalue weighted by molar-refractivity contribution is 7.96. The lowest BCUT2D eigenvalue weighted by atomic mass is 9.86. The molecule has 1 saturated carbocycles. The Bertz CT molecular complexity index is 269. The van der Waals surface area contributed by atoms with Gasteiger partial charge in [-0.15, -0.1) is 0 Å². The molecule has 0 unspecified atom stereocenters. The Kier molecular flexibility index (Phi) is 6.27. The van der Waals surface area contributed by atoms with E-state index >= 15 is 0 Å². The van der Waals surface area contributed by atoms with Crippen LogP contribution >= 0.6 is 12.0 Å². The van der Waals surface area contributed by atoms with Crippen molar-refractivity contribution < 1.29 is 32.9 Å². The van der Waals surface area contributed by atoms with Crippen LogP contribution in [0.2, 0.25) is 0 Å². The SMILES string of the molecule is CCC1CCC(OC(=O)C(F)(F)SOO[O-])CC1. The number of carbonyl (C=O) groups excluding carboxylic acids is 1. The number of esters is 1. The molecule has 1 aliphatic carbocycles. The number of halogens is 2. The van der Waals surface area contributed by atoms with E-state index in [-0.39, 0.29) is 0 Å². The Morgan fingerprint density at radius 3 is 2.50 bits per heavy atom. The smallest absolute Gasteiger partial charge is 0.415 e. The van der Waals surface area contributed by atoms with Crippen molar-refractivity contribution in [1.29, 1.82) is 0 Å². The van der Waals surface area contributed by atoms with Crippen LogP contribution in [0.4, 0.5) is 8.78 Å². The standard InChI is InChI=1S/C10H16F2O5S/c1-2-7-3-5-8(6-4-7)15-9(13)10(11,12)18-17-16-14/h7-8,14H,2-6H2,1H3/p-1. The molecule has 0 bridgehead atoms. The van der Waals surface area contributed by atoms with Gasteiger partial charge in [-0.25, -0.2) is 4.79 Å². The van der Waals surface area contributed by atoms with Gasteiger partial charge in [0.25, 0.3) is 0 Å². The maximum atomic E-state index is 13.0. The van der Waals surface area contributed by atoms with Gasteiger partial charge in [-0.05, 0) is 31.6 Å². The predicted octanol–water partition coefficient (Wildman–Crippen LogP) is 1.96. The van der Waals surface area contributed by atoms with Crippen LogP contribution in [0, 0.1) is 5.92 Å². The summed E-state index contributed by atoms with van der Waals surface area (Å²) in [5.41, 5.74) is 0. The molecule has 18 heavy (non-hydrogen) atoms. The quantitative estimate of drug-likeness (QED) is 0.322. The van der Waals surface area contributed by atoms with Gasteiger partial charge in [0.05, 0.1) is 0 Å². The molecule has 8 heteroatoms. The van der Waals surface area contributed by atoms with Crippen LogP contribution in [0.3, 0.4) is 0 Å². The summed E-state index contributed by atoms with van der Waals surface area (Å²) >= 11 is -0.662. The predicted molar refractivity (Wildman–Crippen MR) is 56.8 cm³/mol. The molecule has 0 aromatic rings. The fourth-order valence-corrected chi connectivity index (χ4v) is 2.20. The van der Waals surface area contributed by atoms with Crippen molar-refractivity contribution in [2.75, 3.05) is 0 Å². The lowest BCUT2D eigenvalue weighted by Crippen LogP contribution is -2.33. The number of alkyl halides is 2. The summed E-state index contributed by atoms with van der Waals surface area (Å²) in [6.07, 6.45) is 3.47. The fourth-order valence-electron chi connectivity index (χ4n) is 1.97. The monoisotopic (exact) mass is 285 g/mol. The summed E-state index contributed by atoms with van der Waals surface area (Å²) in [4.78, 5) is 11.2. The lowest BCUT2D eigenvalue weighted by Gasteiger charge is -2.28. The van der Waals surface area contributed by atoms with E-state index in [4.69, 9.17) is 4.74 Å². The average molecular weight is 285 g/mol. The molecular weight excluding hydrogens is 270 g/mol. The van der Waals surface area contributed by atoms with Crippen molar-refractivity contribution in [3.05, 3.63) is 0 Å². The molecule has 0 aromatic heterocycles. The van der Waals surface area contributed by atoms with Gasteiger partial charge in [-0.3, -0.25) is 5.04 Å². The van der Waals surface area contributed by atoms with Crippen molar-refractivity contribution in [3.8, 4) is 0 Å². The van der Waals surface area contributed by atoms with Crippen LogP contribution in [0.15, 0.2) is 0 Å². The third-order valence-electron chi connectivity index (χ3n) is 3.05. The van der Waals surface area contributed by atoms with Gasteiger partial charge in [0, 0.05) is 0 Å². The van der Waals surface area contributed by atoms with Crippen LogP contribution in [-0.4, -0.2) is 17.3 Å². The van der Waals surface area contributed by atoms with Gasteiger partial charge < -0.3 is 9.99 Å². The van der Waals surface area contributed by atoms with Crippen molar-refractivity contribution in [3.63, 3.8) is 0 Å². The first kappa shape index (κ1) is 15.6. The molecule has 0 aliphatic heterocycles. The molecule has 1 fully saturated rings. The first-order valence-corrected chi connectivity index (χ1v) is 6.47. The molecule has 0 radical (unpaired) electrons. The zero-order chi connectivity index (χ0) is 13.6. The van der Waals surface area contributed by atoms with E-state index in [1.54, 1.807) is 0 Å². The first-order valence-electron chi connectivity index (χ1n) is 5.72. The summed E-state index contributed by atoms with van der Waals surface area (Å²) in [5.74, 6) is -1.13. The van der Waals surface area contributed by atoms with E-state index in [0.29, 0.717) is 18.8 Å². The fraction of sp³-hybridized carbons (Fsp3) is 0.900. The third kappa shape index (κ3) is 4.68. The molecule has 0 amide bonds. The van der Waals surface area contributed by atoms with E-state index in [1.807, 2.05) is 0 Å². The van der Waals surface area contributed by atoms with E-state index < -0.39 is 29.4 Å². The molecule has 0 spiro atoms. The van der Waals surface area contributed by atoms with Crippen molar-refractivity contribution in [1.82, 2.24) is 0 Å². The largest absolute Gasteiger partial charge is 0.691 e. The highest BCUT2D eigenvalue weighted by atomic mass is 32.2. The molecule has 0 atom stereocenters. The van der Waals surface area contributed by atoms with Gasteiger partial charge in [0.15, 0.2) is 0 Å². The van der Waals surface area contributed by atoms with Gasteiger partial charge in [0.2, 0.25) is 0 Å². The molecule has 5 nitrogen and oxygen atoms in total. The molecule has 106 valence electrons. The van der Waals surface area contributed by atoms with Crippen LogP contribution < -0.4 is 5.26 Å². The zero-order valence-corrected chi connectivity index (χ0v) is 10.7. The molecule has 0 N–H and O–H groups in total. The topological polar surface area (TPSA) is 67.8 Å². The summed E-state index contributed by atoms with van der Waals surface area (Å²) in [6, 6.07) is 0. The minimum Gasteiger partial charge on any atom is -0.691 e. The maximum Gasteiger partial charge on any atom is 0.415 e. The van der Waals surface area contributed by atoms with Gasteiger partial charge in [-0.2, -0.15) is 13.1 Å². The molecule has 0 saturated heterocycles. The van der Waals surface area contributed by atoms with Crippen LogP contribution in [0.5, 0.6) is 0 Å². The van der Waals surface area contributed by atoms with Crippen molar-refractivity contribution in [2.45, 2.75) is 50.4 Å². The molecule has 0 heterocycles. The summed E-state index contributed by atoms with van der Waals surface area (Å²) in [5, 5.41) is 8.26. The average Bonchev–Trinajstić information content (AvgIpc) is 2.37. The minimum absolute atomic E-state index is 0.486. The van der Waals surface area contributed by atoms with Crippen LogP contribution in [0.25, 0.3) is 0 Å². The number of rotatable bonds is 6. The zero-order valence-electron chi connectivity index (χ0n) is 9.90. The Morgan fingerprint density at radius 1 is 1.39 bits per heavy atom. The third-order valence-corrected chi connectivity index (χ3v) is 3.55. The highest BCUT2D eigenvalue weighted by Crippen LogP contribution is 2.34. The maximum absolute atomic E-state index is 13.0. The summed E-state index contributed by atoms with van der Waals surface area (Å²) in [6.45, 7) is 2.07. The summed E-state index contributed by atoms with van der Waals surface area (Å²) < 4.78 is 34.2. The second-order valence-corrected chi connectivity index (χ2v) is 5.01. The van der Waals surface area contributed by atoms with E-state index in [1.165, 1.54) is 0 Å². The van der Waals surface area contributed by atoms with E-state index in [9.17, 15) is 18.8 Å².